The third-order valence-corrected chi connectivity index (χ3v) is 3.22. The van der Waals surface area contributed by atoms with Gasteiger partial charge in [-0.25, -0.2) is 4.39 Å². The Labute approximate surface area is 104 Å². The monoisotopic (exact) mass is 248 g/mol. The van der Waals surface area contributed by atoms with Crippen LogP contribution in [0.4, 0.5) is 4.39 Å². The molecule has 2 unspecified atom stereocenters. The zero-order valence-corrected chi connectivity index (χ0v) is 9.67. The molecule has 3 nitrogen and oxygen atoms in total. The first-order chi connectivity index (χ1) is 8.59. The van der Waals surface area contributed by atoms with Gasteiger partial charge in [-0.1, -0.05) is 12.2 Å². The number of carboxylic acid groups (broad SMARTS) is 1. The van der Waals surface area contributed by atoms with Crippen molar-refractivity contribution >= 4 is 11.8 Å². The van der Waals surface area contributed by atoms with Crippen molar-refractivity contribution in [1.82, 2.24) is 0 Å². The molecule has 2 atom stereocenters. The minimum Gasteiger partial charge on any atom is -0.481 e. The minimum atomic E-state index is -0.959. The maximum atomic E-state index is 12.8. The molecule has 18 heavy (non-hydrogen) atoms. The predicted molar refractivity (Wildman–Crippen MR) is 63.7 cm³/mol. The van der Waals surface area contributed by atoms with Crippen molar-refractivity contribution < 1.29 is 19.1 Å². The van der Waals surface area contributed by atoms with Gasteiger partial charge >= 0.3 is 5.97 Å². The van der Waals surface area contributed by atoms with Crippen molar-refractivity contribution in [3.8, 4) is 0 Å². The van der Waals surface area contributed by atoms with Gasteiger partial charge in [-0.05, 0) is 37.1 Å². The van der Waals surface area contributed by atoms with Crippen LogP contribution in [0.5, 0.6) is 0 Å². The van der Waals surface area contributed by atoms with E-state index in [0.717, 1.165) is 0 Å². The summed E-state index contributed by atoms with van der Waals surface area (Å²) in [5, 5.41) is 9.10. The van der Waals surface area contributed by atoms with Crippen molar-refractivity contribution in [1.29, 1.82) is 0 Å². The number of ketones is 1. The van der Waals surface area contributed by atoms with Crippen LogP contribution in [0.15, 0.2) is 36.4 Å². The summed E-state index contributed by atoms with van der Waals surface area (Å²) < 4.78 is 12.8. The Morgan fingerprint density at radius 3 is 2.17 bits per heavy atom. The summed E-state index contributed by atoms with van der Waals surface area (Å²) in [7, 11) is 0. The summed E-state index contributed by atoms with van der Waals surface area (Å²) in [6.45, 7) is 0. The van der Waals surface area contributed by atoms with E-state index in [9.17, 15) is 14.0 Å². The van der Waals surface area contributed by atoms with E-state index < -0.39 is 23.6 Å². The Bertz CT molecular complexity index is 490. The maximum Gasteiger partial charge on any atom is 0.307 e. The zero-order valence-electron chi connectivity index (χ0n) is 9.67. The first kappa shape index (κ1) is 12.5. The molecule has 1 aromatic rings. The molecule has 0 saturated heterocycles. The lowest BCUT2D eigenvalue weighted by molar-refractivity contribution is -0.143. The number of carboxylic acids is 1. The topological polar surface area (TPSA) is 54.4 Å². The van der Waals surface area contributed by atoms with Gasteiger partial charge in [0.25, 0.3) is 0 Å². The van der Waals surface area contributed by atoms with Crippen LogP contribution in [0, 0.1) is 17.7 Å². The quantitative estimate of drug-likeness (QED) is 0.661. The normalized spacial score (nSPS) is 22.7. The molecule has 1 aromatic carbocycles. The van der Waals surface area contributed by atoms with E-state index >= 15 is 0 Å². The SMILES string of the molecule is O=C(O)C1CC=CCC1C(=O)c1ccc(F)cc1. The summed E-state index contributed by atoms with van der Waals surface area (Å²) in [6, 6.07) is 5.22. The molecule has 0 heterocycles. The number of benzene rings is 1. The van der Waals surface area contributed by atoms with Gasteiger partial charge in [0, 0.05) is 11.5 Å². The molecule has 1 N–H and O–H groups in total. The number of aliphatic carboxylic acids is 1. The van der Waals surface area contributed by atoms with Crippen LogP contribution in [0.1, 0.15) is 23.2 Å². The molecular formula is C14H13FO3. The number of carbonyl (C=O) groups is 2. The van der Waals surface area contributed by atoms with Gasteiger partial charge in [-0.3, -0.25) is 9.59 Å². The summed E-state index contributed by atoms with van der Waals surface area (Å²) >= 11 is 0. The highest BCUT2D eigenvalue weighted by Crippen LogP contribution is 2.29. The first-order valence-electron chi connectivity index (χ1n) is 5.77. The van der Waals surface area contributed by atoms with Crippen LogP contribution in [0.2, 0.25) is 0 Å². The van der Waals surface area contributed by atoms with Gasteiger partial charge in [0.15, 0.2) is 5.78 Å². The van der Waals surface area contributed by atoms with E-state index in [0.29, 0.717) is 18.4 Å². The fourth-order valence-corrected chi connectivity index (χ4v) is 2.21. The van der Waals surface area contributed by atoms with E-state index in [2.05, 4.69) is 0 Å². The molecular weight excluding hydrogens is 235 g/mol. The molecule has 0 bridgehead atoms. The van der Waals surface area contributed by atoms with Crippen LogP contribution < -0.4 is 0 Å². The van der Waals surface area contributed by atoms with Gasteiger partial charge in [-0.15, -0.1) is 0 Å². The Morgan fingerprint density at radius 1 is 1.06 bits per heavy atom. The second kappa shape index (κ2) is 5.12. The molecule has 0 radical (unpaired) electrons. The van der Waals surface area contributed by atoms with Crippen molar-refractivity contribution in [2.24, 2.45) is 11.8 Å². The Kier molecular flexibility index (Phi) is 3.55. The summed E-state index contributed by atoms with van der Waals surface area (Å²) in [5.41, 5.74) is 0.364. The average Bonchev–Trinajstić information content (AvgIpc) is 2.39. The Hall–Kier alpha value is -1.97. The number of carbonyl (C=O) groups excluding carboxylic acids is 1. The molecule has 0 amide bonds. The predicted octanol–water partition coefficient (Wildman–Crippen LogP) is 2.68. The number of allylic oxidation sites excluding steroid dienone is 2. The van der Waals surface area contributed by atoms with Crippen LogP contribution in [-0.4, -0.2) is 16.9 Å². The van der Waals surface area contributed by atoms with Crippen LogP contribution >= 0.6 is 0 Å². The van der Waals surface area contributed by atoms with Gasteiger partial charge in [-0.2, -0.15) is 0 Å². The smallest absolute Gasteiger partial charge is 0.307 e. The molecule has 0 aliphatic heterocycles. The third-order valence-electron chi connectivity index (χ3n) is 3.22. The molecule has 0 aromatic heterocycles. The summed E-state index contributed by atoms with van der Waals surface area (Å²) in [4.78, 5) is 23.3. The van der Waals surface area contributed by atoms with Crippen molar-refractivity contribution in [2.45, 2.75) is 12.8 Å². The van der Waals surface area contributed by atoms with Crippen molar-refractivity contribution in [3.05, 3.63) is 47.8 Å². The molecule has 4 heteroatoms. The molecule has 1 aliphatic carbocycles. The first-order valence-corrected chi connectivity index (χ1v) is 5.77. The molecule has 0 spiro atoms. The van der Waals surface area contributed by atoms with E-state index in [4.69, 9.17) is 5.11 Å². The Balaban J connectivity index is 2.24. The second-order valence-electron chi connectivity index (χ2n) is 4.37. The molecule has 0 fully saturated rings. The minimum absolute atomic E-state index is 0.230. The largest absolute Gasteiger partial charge is 0.481 e. The zero-order chi connectivity index (χ0) is 13.1. The molecule has 2 rings (SSSR count). The third kappa shape index (κ3) is 2.47. The van der Waals surface area contributed by atoms with E-state index in [1.807, 2.05) is 6.08 Å². The van der Waals surface area contributed by atoms with Gasteiger partial charge in [0.1, 0.15) is 5.82 Å². The van der Waals surface area contributed by atoms with Crippen molar-refractivity contribution in [2.75, 3.05) is 0 Å². The fraction of sp³-hybridized carbons (Fsp3) is 0.286. The molecule has 0 saturated carbocycles. The lowest BCUT2D eigenvalue weighted by Crippen LogP contribution is -2.31. The highest BCUT2D eigenvalue weighted by atomic mass is 19.1. The number of hydrogen-bond donors (Lipinski definition) is 1. The van der Waals surface area contributed by atoms with Crippen LogP contribution in [-0.2, 0) is 4.79 Å². The number of rotatable bonds is 3. The molecule has 94 valence electrons. The Morgan fingerprint density at radius 2 is 1.61 bits per heavy atom. The fourth-order valence-electron chi connectivity index (χ4n) is 2.21. The number of hydrogen-bond acceptors (Lipinski definition) is 2. The van der Waals surface area contributed by atoms with E-state index in [1.165, 1.54) is 24.3 Å². The summed E-state index contributed by atoms with van der Waals surface area (Å²) in [5.74, 6) is -2.85. The van der Waals surface area contributed by atoms with Gasteiger partial charge in [0.05, 0.1) is 5.92 Å². The average molecular weight is 248 g/mol. The number of halogens is 1. The standard InChI is InChI=1S/C14H13FO3/c15-10-7-5-9(6-8-10)13(16)11-3-1-2-4-12(11)14(17)18/h1-2,5-8,11-12H,3-4H2,(H,17,18). The van der Waals surface area contributed by atoms with E-state index in [-0.39, 0.29) is 5.78 Å². The second-order valence-corrected chi connectivity index (χ2v) is 4.37. The van der Waals surface area contributed by atoms with Crippen LogP contribution in [0.3, 0.4) is 0 Å². The van der Waals surface area contributed by atoms with Crippen molar-refractivity contribution in [3.63, 3.8) is 0 Å². The lowest BCUT2D eigenvalue weighted by Gasteiger charge is -2.23. The lowest BCUT2D eigenvalue weighted by atomic mass is 9.78. The van der Waals surface area contributed by atoms with Crippen LogP contribution in [0.25, 0.3) is 0 Å². The van der Waals surface area contributed by atoms with Gasteiger partial charge < -0.3 is 5.11 Å². The highest BCUT2D eigenvalue weighted by molar-refractivity contribution is 6.00. The number of Topliss-reactive ketones (excluding diaryl/α,β-unsaturated/α-hetero) is 1. The van der Waals surface area contributed by atoms with Gasteiger partial charge in [0.2, 0.25) is 0 Å². The highest BCUT2D eigenvalue weighted by Gasteiger charge is 2.34. The van der Waals surface area contributed by atoms with E-state index in [1.54, 1.807) is 6.08 Å². The maximum absolute atomic E-state index is 12.8. The summed E-state index contributed by atoms with van der Waals surface area (Å²) in [6.07, 6.45) is 4.40. The molecule has 1 aliphatic rings.